The lowest BCUT2D eigenvalue weighted by molar-refractivity contribution is -0.385. The molecule has 0 unspecified atom stereocenters. The van der Waals surface area contributed by atoms with Crippen molar-refractivity contribution in [1.29, 1.82) is 0 Å². The van der Waals surface area contributed by atoms with Gasteiger partial charge in [-0.25, -0.2) is 13.1 Å². The molecule has 1 aromatic rings. The Morgan fingerprint density at radius 3 is 2.59 bits per heavy atom. The molecule has 0 aliphatic carbocycles. The predicted octanol–water partition coefficient (Wildman–Crippen LogP) is 1.67. The van der Waals surface area contributed by atoms with Gasteiger partial charge in [-0.05, 0) is 26.6 Å². The van der Waals surface area contributed by atoms with Crippen LogP contribution < -0.4 is 4.72 Å². The Kier molecular flexibility index (Phi) is 1.42. The maximum absolute atomic E-state index is 12.5. The van der Waals surface area contributed by atoms with Crippen LogP contribution in [0.15, 0.2) is 29.2 Å². The molecule has 6 nitrogen and oxygen atoms in total. The molecule has 17 heavy (non-hydrogen) atoms. The molecule has 0 aromatic heterocycles. The normalized spacial score (nSPS) is 22.5. The summed E-state index contributed by atoms with van der Waals surface area (Å²) in [5.41, 5.74) is -4.49. The first-order chi connectivity index (χ1) is 11.4. The van der Waals surface area contributed by atoms with Gasteiger partial charge in [0.25, 0.3) is 5.69 Å². The van der Waals surface area contributed by atoms with Gasteiger partial charge < -0.3 is 0 Å². The summed E-state index contributed by atoms with van der Waals surface area (Å²) in [6.45, 7) is -11.4. The van der Waals surface area contributed by atoms with Gasteiger partial charge in [0.15, 0.2) is 0 Å². The van der Waals surface area contributed by atoms with Gasteiger partial charge >= 0.3 is 0 Å². The molecule has 0 fully saturated rings. The molecular formula is C10H14N2O4S. The maximum atomic E-state index is 12.5. The lowest BCUT2D eigenvalue weighted by Crippen LogP contribution is -2.40. The Bertz CT molecular complexity index is 762. The van der Waals surface area contributed by atoms with E-state index < -0.39 is 51.6 Å². The van der Waals surface area contributed by atoms with E-state index in [9.17, 15) is 18.5 Å². The second-order valence-electron chi connectivity index (χ2n) is 3.11. The Balaban J connectivity index is 3.67. The average molecular weight is 267 g/mol. The van der Waals surface area contributed by atoms with Crippen LogP contribution in [0.1, 0.15) is 32.9 Å². The van der Waals surface area contributed by atoms with Crippen LogP contribution in [0.2, 0.25) is 0 Å². The number of non-ortho nitro benzene ring substituents is 1. The number of hydrogen-bond donors (Lipinski definition) is 1. The molecule has 0 saturated heterocycles. The first-order valence-corrected chi connectivity index (χ1v) is 5.63. The van der Waals surface area contributed by atoms with Gasteiger partial charge in [-0.3, -0.25) is 10.1 Å². The largest absolute Gasteiger partial charge is 0.270 e. The van der Waals surface area contributed by atoms with Gasteiger partial charge in [0.1, 0.15) is 0 Å². The lowest BCUT2D eigenvalue weighted by atomic mass is 10.1. The van der Waals surface area contributed by atoms with Gasteiger partial charge in [-0.15, -0.1) is 0 Å². The molecule has 1 aromatic carbocycles. The molecule has 0 bridgehead atoms. The molecule has 0 aliphatic heterocycles. The van der Waals surface area contributed by atoms with E-state index >= 15 is 0 Å². The van der Waals surface area contributed by atoms with E-state index in [0.717, 1.165) is 18.2 Å². The fourth-order valence-corrected chi connectivity index (χ4v) is 2.08. The first kappa shape index (κ1) is 5.45. The number of hydrogen-bond acceptors (Lipinski definition) is 4. The van der Waals surface area contributed by atoms with Crippen molar-refractivity contribution in [2.75, 3.05) is 0 Å². The van der Waals surface area contributed by atoms with Crippen LogP contribution >= 0.6 is 0 Å². The minimum Gasteiger partial charge on any atom is -0.258 e. The highest BCUT2D eigenvalue weighted by Crippen LogP contribution is 2.18. The zero-order valence-electron chi connectivity index (χ0n) is 17.3. The molecule has 7 heteroatoms. The molecule has 0 amide bonds. The van der Waals surface area contributed by atoms with Gasteiger partial charge in [-0.1, -0.05) is 6.07 Å². The number of sulfonamides is 1. The van der Waals surface area contributed by atoms with Crippen LogP contribution in [0, 0.1) is 10.1 Å². The summed E-state index contributed by atoms with van der Waals surface area (Å²) in [6, 6.07) is 3.29. The van der Waals surface area contributed by atoms with Crippen molar-refractivity contribution < 1.29 is 25.7 Å². The van der Waals surface area contributed by atoms with Crippen LogP contribution in [0.3, 0.4) is 0 Å². The fourth-order valence-electron chi connectivity index (χ4n) is 1.02. The monoisotopic (exact) mass is 267 g/mol. The molecule has 94 valence electrons. The van der Waals surface area contributed by atoms with E-state index in [2.05, 4.69) is 0 Å². The van der Waals surface area contributed by atoms with Crippen molar-refractivity contribution in [2.24, 2.45) is 0 Å². The molecule has 0 radical (unpaired) electrons. The molecule has 1 N–H and O–H groups in total. The molecule has 1 rings (SSSR count). The summed E-state index contributed by atoms with van der Waals surface area (Å²) in [5.74, 6) is 0. The molecular weight excluding hydrogens is 244 g/mol. The van der Waals surface area contributed by atoms with Crippen molar-refractivity contribution in [3.05, 3.63) is 34.4 Å². The van der Waals surface area contributed by atoms with Crippen LogP contribution in [-0.2, 0) is 10.0 Å². The van der Waals surface area contributed by atoms with Crippen molar-refractivity contribution >= 4 is 15.7 Å². The van der Waals surface area contributed by atoms with E-state index in [4.69, 9.17) is 12.3 Å². The SMILES string of the molecule is [2H]C([2H])([2H])C(NS(=O)(=O)c1cccc([N+](=O)[O-])c1)(C([2H])([2H])[2H])C([2H])([2H])[2H]. The summed E-state index contributed by atoms with van der Waals surface area (Å²) in [7, 11) is -5.06. The first-order valence-electron chi connectivity index (χ1n) is 8.65. The quantitative estimate of drug-likeness (QED) is 0.666. The van der Waals surface area contributed by atoms with Crippen molar-refractivity contribution in [1.82, 2.24) is 4.72 Å². The Morgan fingerprint density at radius 1 is 1.41 bits per heavy atom. The summed E-state index contributed by atoms with van der Waals surface area (Å²) in [6.07, 6.45) is 0. The number of rotatable bonds is 3. The lowest BCUT2D eigenvalue weighted by Gasteiger charge is -2.20. The summed E-state index contributed by atoms with van der Waals surface area (Å²) in [5, 5.41) is 10.8. The predicted molar refractivity (Wildman–Crippen MR) is 63.2 cm³/mol. The van der Waals surface area contributed by atoms with E-state index in [1.165, 1.54) is 4.72 Å². The molecule has 0 spiro atoms. The van der Waals surface area contributed by atoms with Crippen LogP contribution in [0.5, 0.6) is 0 Å². The minimum atomic E-state index is -5.06. The topological polar surface area (TPSA) is 89.3 Å². The molecule has 0 atom stereocenters. The number of nitrogens with zero attached hydrogens (tertiary/aromatic N) is 1. The van der Waals surface area contributed by atoms with Gasteiger partial charge in [0.2, 0.25) is 10.0 Å². The highest BCUT2D eigenvalue weighted by atomic mass is 32.2. The third-order valence-electron chi connectivity index (χ3n) is 1.63. The highest BCUT2D eigenvalue weighted by molar-refractivity contribution is 7.89. The molecule has 0 heterocycles. The Morgan fingerprint density at radius 2 is 2.06 bits per heavy atom. The highest BCUT2D eigenvalue weighted by Gasteiger charge is 2.23. The standard InChI is InChI=1S/C10H14N2O4S/c1-10(2,3)11-17(15,16)9-6-4-5-8(7-9)12(13)14/h4-7,11H,1-3H3/i1D3,2D3,3D3. The minimum absolute atomic E-state index is 0.547. The second-order valence-corrected chi connectivity index (χ2v) is 4.79. The van der Waals surface area contributed by atoms with E-state index in [1.807, 2.05) is 0 Å². The smallest absolute Gasteiger partial charge is 0.258 e. The second kappa shape index (κ2) is 4.42. The summed E-state index contributed by atoms with van der Waals surface area (Å²) >= 11 is 0. The van der Waals surface area contributed by atoms with Crippen molar-refractivity contribution in [3.63, 3.8) is 0 Å². The summed E-state index contributed by atoms with van der Waals surface area (Å²) < 4.78 is 92.6. The number of benzene rings is 1. The van der Waals surface area contributed by atoms with Crippen molar-refractivity contribution in [2.45, 2.75) is 31.0 Å². The number of nitro groups is 1. The van der Waals surface area contributed by atoms with Gasteiger partial charge in [0.05, 0.1) is 9.82 Å². The Labute approximate surface area is 112 Å². The fraction of sp³-hybridized carbons (Fsp3) is 0.400. The Hall–Kier alpha value is -1.47. The third-order valence-corrected chi connectivity index (χ3v) is 3.08. The van der Waals surface area contributed by atoms with Crippen LogP contribution in [0.4, 0.5) is 5.69 Å². The number of nitro benzene ring substituents is 1. The van der Waals surface area contributed by atoms with Crippen LogP contribution in [0.25, 0.3) is 0 Å². The van der Waals surface area contributed by atoms with Gasteiger partial charge in [0, 0.05) is 30.0 Å². The van der Waals surface area contributed by atoms with E-state index in [0.29, 0.717) is 6.07 Å². The third kappa shape index (κ3) is 3.79. The summed E-state index contributed by atoms with van der Waals surface area (Å²) in [4.78, 5) is 8.98. The van der Waals surface area contributed by atoms with Crippen molar-refractivity contribution in [3.8, 4) is 0 Å². The average Bonchev–Trinajstić information content (AvgIpc) is 2.41. The molecule has 0 saturated carbocycles. The zero-order chi connectivity index (χ0) is 20.8. The maximum Gasteiger partial charge on any atom is 0.270 e. The molecule has 0 aliphatic rings. The number of nitrogens with one attached hydrogen (secondary N) is 1. The van der Waals surface area contributed by atoms with E-state index in [1.54, 1.807) is 0 Å². The van der Waals surface area contributed by atoms with E-state index in [-0.39, 0.29) is 0 Å². The van der Waals surface area contributed by atoms with Gasteiger partial charge in [-0.2, -0.15) is 0 Å². The zero-order valence-corrected chi connectivity index (χ0v) is 9.11. The van der Waals surface area contributed by atoms with Crippen LogP contribution in [-0.4, -0.2) is 18.9 Å².